The van der Waals surface area contributed by atoms with E-state index in [1.807, 2.05) is 10.8 Å². The lowest BCUT2D eigenvalue weighted by molar-refractivity contribution is 0.283. The van der Waals surface area contributed by atoms with Crippen molar-refractivity contribution < 1.29 is 14.2 Å². The minimum absolute atomic E-state index is 0.128. The number of anilines is 1. The third-order valence-corrected chi connectivity index (χ3v) is 5.61. The van der Waals surface area contributed by atoms with Crippen LogP contribution in [-0.2, 0) is 0 Å². The maximum Gasteiger partial charge on any atom is 0.212 e. The highest BCUT2D eigenvalue weighted by molar-refractivity contribution is 6.12. The van der Waals surface area contributed by atoms with Crippen molar-refractivity contribution in [2.24, 2.45) is 0 Å². The van der Waals surface area contributed by atoms with Gasteiger partial charge in [-0.05, 0) is 37.5 Å². The third kappa shape index (κ3) is 2.32. The molecular weight excluding hydrogens is 359 g/mol. The molecule has 5 rings (SSSR count). The highest BCUT2D eigenvalue weighted by Gasteiger charge is 2.25. The second kappa shape index (κ2) is 6.09. The lowest BCUT2D eigenvalue weighted by Gasteiger charge is -2.27. The van der Waals surface area contributed by atoms with Gasteiger partial charge in [-0.3, -0.25) is 0 Å². The number of nitrogens with two attached hydrogens (primary N) is 1. The summed E-state index contributed by atoms with van der Waals surface area (Å²) in [5.41, 5.74) is 8.72. The number of aromatic hydroxyl groups is 1. The molecule has 1 fully saturated rings. The molecule has 0 amide bonds. The topological polar surface area (TPSA) is 86.2 Å². The first-order valence-electron chi connectivity index (χ1n) is 9.20. The number of hydrogen-bond acceptors (Lipinski definition) is 5. The van der Waals surface area contributed by atoms with E-state index in [9.17, 15) is 9.50 Å². The molecule has 142 valence electrons. The Kier molecular flexibility index (Phi) is 3.65. The Bertz CT molecular complexity index is 1210. The summed E-state index contributed by atoms with van der Waals surface area (Å²) in [6.07, 6.45) is 6.54. The van der Waals surface area contributed by atoms with E-state index < -0.39 is 5.82 Å². The summed E-state index contributed by atoms with van der Waals surface area (Å²) in [6, 6.07) is 6.65. The van der Waals surface area contributed by atoms with Crippen LogP contribution in [0, 0.1) is 5.82 Å². The minimum Gasteiger partial charge on any atom is -0.494 e. The summed E-state index contributed by atoms with van der Waals surface area (Å²) in [4.78, 5) is 8.85. The third-order valence-electron chi connectivity index (χ3n) is 5.61. The Labute approximate surface area is 160 Å². The van der Waals surface area contributed by atoms with E-state index in [0.717, 1.165) is 19.3 Å². The van der Waals surface area contributed by atoms with Crippen LogP contribution in [0.3, 0.4) is 0 Å². The molecule has 0 unspecified atom stereocenters. The lowest BCUT2D eigenvalue weighted by atomic mass is 9.93. The molecule has 3 N–H and O–H groups in total. The first-order chi connectivity index (χ1) is 13.6. The van der Waals surface area contributed by atoms with Gasteiger partial charge in [-0.15, -0.1) is 0 Å². The van der Waals surface area contributed by atoms with Crippen LogP contribution in [0.25, 0.3) is 32.9 Å². The van der Waals surface area contributed by atoms with Gasteiger partial charge in [-0.2, -0.15) is 0 Å². The lowest BCUT2D eigenvalue weighted by Crippen LogP contribution is -2.15. The fraction of sp³-hybridized carbons (Fsp3) is 0.238. The molecule has 1 aliphatic carbocycles. The second-order valence-corrected chi connectivity index (χ2v) is 7.14. The van der Waals surface area contributed by atoms with Gasteiger partial charge in [0.15, 0.2) is 0 Å². The predicted octanol–water partition coefficient (Wildman–Crippen LogP) is 4.41. The highest BCUT2D eigenvalue weighted by atomic mass is 19.1. The van der Waals surface area contributed by atoms with Gasteiger partial charge in [0.1, 0.15) is 5.82 Å². The predicted molar refractivity (Wildman–Crippen MR) is 106 cm³/mol. The van der Waals surface area contributed by atoms with E-state index in [1.54, 1.807) is 24.4 Å². The number of methoxy groups -OCH3 is 1. The van der Waals surface area contributed by atoms with Crippen LogP contribution >= 0.6 is 0 Å². The second-order valence-electron chi connectivity index (χ2n) is 7.14. The van der Waals surface area contributed by atoms with Crippen LogP contribution in [0.5, 0.6) is 11.8 Å². The summed E-state index contributed by atoms with van der Waals surface area (Å²) in [5.74, 6) is 0.165. The Balaban J connectivity index is 1.79. The fourth-order valence-corrected chi connectivity index (χ4v) is 3.87. The first kappa shape index (κ1) is 16.8. The molecule has 0 spiro atoms. The van der Waals surface area contributed by atoms with Crippen LogP contribution in [0.4, 0.5) is 10.1 Å². The number of ether oxygens (including phenoxy) is 1. The van der Waals surface area contributed by atoms with Gasteiger partial charge in [0, 0.05) is 41.0 Å². The van der Waals surface area contributed by atoms with Crippen molar-refractivity contribution in [2.75, 3.05) is 12.8 Å². The van der Waals surface area contributed by atoms with Gasteiger partial charge >= 0.3 is 0 Å². The van der Waals surface area contributed by atoms with Gasteiger partial charge in [0.25, 0.3) is 0 Å². The van der Waals surface area contributed by atoms with Crippen molar-refractivity contribution in [1.82, 2.24) is 14.5 Å². The van der Waals surface area contributed by atoms with Gasteiger partial charge in [-0.25, -0.2) is 14.4 Å². The normalized spacial score (nSPS) is 14.5. The molecule has 0 radical (unpaired) electrons. The first-order valence-corrected chi connectivity index (χ1v) is 9.20. The Morgan fingerprint density at radius 1 is 1.25 bits per heavy atom. The van der Waals surface area contributed by atoms with E-state index in [0.29, 0.717) is 44.5 Å². The molecule has 0 bridgehead atoms. The largest absolute Gasteiger partial charge is 0.494 e. The molecule has 1 saturated carbocycles. The number of nitrogens with zero attached hydrogens (tertiary/aromatic N) is 3. The Morgan fingerprint density at radius 3 is 2.71 bits per heavy atom. The average molecular weight is 378 g/mol. The van der Waals surface area contributed by atoms with Crippen LogP contribution in [0.1, 0.15) is 25.3 Å². The smallest absolute Gasteiger partial charge is 0.212 e. The SMILES string of the molecule is COc1ccc(-c2c(F)ccc3c(N)c4c(O)n(C5CCC5)cc4nc23)cn1. The molecule has 0 saturated heterocycles. The minimum atomic E-state index is -0.409. The molecule has 1 aliphatic rings. The number of pyridine rings is 2. The fourth-order valence-electron chi connectivity index (χ4n) is 3.87. The maximum absolute atomic E-state index is 14.8. The number of aromatic nitrogens is 3. The molecule has 7 heteroatoms. The standard InChI is InChI=1S/C21H19FN4O2/c1-28-16-8-5-11(9-24-16)17-14(22)7-6-13-19(23)18-15(25-20(13)17)10-26(21(18)27)12-3-2-4-12/h5-10,12,27H,2-4,23H2,1H3. The van der Waals surface area contributed by atoms with Crippen molar-refractivity contribution in [3.8, 4) is 22.9 Å². The van der Waals surface area contributed by atoms with E-state index in [-0.39, 0.29) is 11.9 Å². The van der Waals surface area contributed by atoms with Crippen LogP contribution in [0.2, 0.25) is 0 Å². The van der Waals surface area contributed by atoms with Crippen molar-refractivity contribution in [3.63, 3.8) is 0 Å². The Morgan fingerprint density at radius 2 is 2.07 bits per heavy atom. The molecule has 3 heterocycles. The number of benzene rings is 1. The molecule has 1 aromatic carbocycles. The summed E-state index contributed by atoms with van der Waals surface area (Å²) in [7, 11) is 1.53. The quantitative estimate of drug-likeness (QED) is 0.551. The number of fused-ring (bicyclic) bond motifs is 2. The Hall–Kier alpha value is -3.35. The number of hydrogen-bond donors (Lipinski definition) is 2. The molecule has 4 aromatic rings. The molecule has 3 aromatic heterocycles. The number of rotatable bonds is 3. The van der Waals surface area contributed by atoms with Crippen molar-refractivity contribution in [3.05, 3.63) is 42.5 Å². The maximum atomic E-state index is 14.8. The van der Waals surface area contributed by atoms with Crippen molar-refractivity contribution in [2.45, 2.75) is 25.3 Å². The summed E-state index contributed by atoms with van der Waals surface area (Å²) < 4.78 is 21.7. The van der Waals surface area contributed by atoms with Crippen molar-refractivity contribution in [1.29, 1.82) is 0 Å². The molecule has 0 atom stereocenters. The van der Waals surface area contributed by atoms with Crippen molar-refractivity contribution >= 4 is 27.5 Å². The zero-order valence-electron chi connectivity index (χ0n) is 15.3. The molecule has 28 heavy (non-hydrogen) atoms. The highest BCUT2D eigenvalue weighted by Crippen LogP contribution is 2.43. The number of halogens is 1. The molecular formula is C21H19FN4O2. The van der Waals surface area contributed by atoms with Crippen LogP contribution in [-0.4, -0.2) is 26.8 Å². The van der Waals surface area contributed by atoms with Gasteiger partial charge in [0.2, 0.25) is 11.8 Å². The zero-order valence-corrected chi connectivity index (χ0v) is 15.3. The van der Waals surface area contributed by atoms with Gasteiger partial charge in [0.05, 0.1) is 29.2 Å². The summed E-state index contributed by atoms with van der Waals surface area (Å²) >= 11 is 0. The van der Waals surface area contributed by atoms with E-state index >= 15 is 0 Å². The average Bonchev–Trinajstić information content (AvgIpc) is 2.97. The summed E-state index contributed by atoms with van der Waals surface area (Å²) in [6.45, 7) is 0. The van der Waals surface area contributed by atoms with Crippen LogP contribution in [0.15, 0.2) is 36.7 Å². The molecule has 6 nitrogen and oxygen atoms in total. The summed E-state index contributed by atoms with van der Waals surface area (Å²) in [5, 5.41) is 11.8. The molecule has 0 aliphatic heterocycles. The van der Waals surface area contributed by atoms with E-state index in [1.165, 1.54) is 13.2 Å². The van der Waals surface area contributed by atoms with Gasteiger partial charge < -0.3 is 20.1 Å². The van der Waals surface area contributed by atoms with Crippen LogP contribution < -0.4 is 10.5 Å². The monoisotopic (exact) mass is 378 g/mol. The number of nitrogen functional groups attached to an aromatic ring is 1. The zero-order chi connectivity index (χ0) is 19.4. The van der Waals surface area contributed by atoms with Gasteiger partial charge in [-0.1, -0.05) is 0 Å². The van der Waals surface area contributed by atoms with E-state index in [2.05, 4.69) is 9.97 Å². The van der Waals surface area contributed by atoms with E-state index in [4.69, 9.17) is 10.5 Å².